The van der Waals surface area contributed by atoms with Gasteiger partial charge in [-0.15, -0.1) is 0 Å². The Morgan fingerprint density at radius 3 is 2.50 bits per heavy atom. The molecule has 0 aromatic heterocycles. The van der Waals surface area contributed by atoms with Gasteiger partial charge in [-0.1, -0.05) is 13.8 Å². The molecule has 0 aromatic rings. The summed E-state index contributed by atoms with van der Waals surface area (Å²) in [6.07, 6.45) is 3.27. The third kappa shape index (κ3) is 2.32. The predicted octanol–water partition coefficient (Wildman–Crippen LogP) is 1.46. The zero-order valence-corrected chi connectivity index (χ0v) is 13.0. The fourth-order valence-corrected chi connectivity index (χ4v) is 2.95. The van der Waals surface area contributed by atoms with Crippen LogP contribution in [0.1, 0.15) is 53.4 Å². The number of nitrogens with zero attached hydrogens (tertiary/aromatic N) is 1. The van der Waals surface area contributed by atoms with Gasteiger partial charge in [-0.25, -0.2) is 0 Å². The summed E-state index contributed by atoms with van der Waals surface area (Å²) in [5.74, 6) is -0.0404. The van der Waals surface area contributed by atoms with Crippen LogP contribution >= 0.6 is 0 Å². The second-order valence-corrected chi connectivity index (χ2v) is 6.32. The third-order valence-electron chi connectivity index (χ3n) is 5.00. The Morgan fingerprint density at radius 2 is 2.00 bits per heavy atom. The van der Waals surface area contributed by atoms with Gasteiger partial charge in [-0.2, -0.15) is 0 Å². The van der Waals surface area contributed by atoms with Crippen LogP contribution in [0.5, 0.6) is 0 Å². The number of amides is 2. The molecule has 3 unspecified atom stereocenters. The van der Waals surface area contributed by atoms with Crippen LogP contribution in [0.3, 0.4) is 0 Å². The normalized spacial score (nSPS) is 38.2. The first-order chi connectivity index (χ1) is 9.37. The summed E-state index contributed by atoms with van der Waals surface area (Å²) in [4.78, 5) is 27.1. The maximum atomic E-state index is 12.8. The highest BCUT2D eigenvalue weighted by Gasteiger charge is 2.53. The minimum atomic E-state index is -0.787. The molecule has 3 atom stereocenters. The summed E-state index contributed by atoms with van der Waals surface area (Å²) in [5, 5.41) is 2.92. The zero-order chi connectivity index (χ0) is 15.0. The Labute approximate surface area is 121 Å². The fraction of sp³-hybridized carbons (Fsp3) is 0.867. The average Bonchev–Trinajstić information content (AvgIpc) is 2.94. The lowest BCUT2D eigenvalue weighted by atomic mass is 9.84. The molecule has 1 N–H and O–H groups in total. The van der Waals surface area contributed by atoms with Crippen molar-refractivity contribution in [3.8, 4) is 0 Å². The Kier molecular flexibility index (Phi) is 4.09. The smallest absolute Gasteiger partial charge is 0.249 e. The van der Waals surface area contributed by atoms with Gasteiger partial charge in [-0.05, 0) is 39.5 Å². The minimum absolute atomic E-state index is 0.0134. The molecule has 0 radical (unpaired) electrons. The summed E-state index contributed by atoms with van der Waals surface area (Å²) in [6, 6.07) is 0. The number of ether oxygens (including phenoxy) is 1. The van der Waals surface area contributed by atoms with E-state index in [1.807, 2.05) is 27.7 Å². The van der Waals surface area contributed by atoms with Gasteiger partial charge >= 0.3 is 0 Å². The third-order valence-corrected chi connectivity index (χ3v) is 5.00. The molecule has 2 fully saturated rings. The molecule has 114 valence electrons. The minimum Gasteiger partial charge on any atom is -0.376 e. The zero-order valence-electron chi connectivity index (χ0n) is 13.0. The fourth-order valence-electron chi connectivity index (χ4n) is 2.95. The van der Waals surface area contributed by atoms with Crippen LogP contribution in [-0.4, -0.2) is 47.0 Å². The Hall–Kier alpha value is -1.10. The number of hydrogen-bond acceptors (Lipinski definition) is 3. The van der Waals surface area contributed by atoms with Crippen molar-refractivity contribution in [2.45, 2.75) is 70.6 Å². The van der Waals surface area contributed by atoms with Crippen molar-refractivity contribution in [2.75, 3.05) is 13.2 Å². The van der Waals surface area contributed by atoms with Gasteiger partial charge in [0.15, 0.2) is 0 Å². The van der Waals surface area contributed by atoms with Crippen molar-refractivity contribution in [3.63, 3.8) is 0 Å². The monoisotopic (exact) mass is 282 g/mol. The van der Waals surface area contributed by atoms with E-state index < -0.39 is 11.1 Å². The number of nitrogens with one attached hydrogen (secondary N) is 1. The van der Waals surface area contributed by atoms with Gasteiger partial charge < -0.3 is 15.0 Å². The van der Waals surface area contributed by atoms with Crippen molar-refractivity contribution in [1.29, 1.82) is 0 Å². The Balaban J connectivity index is 2.29. The number of carbonyl (C=O) groups excluding carboxylic acids is 2. The lowest BCUT2D eigenvalue weighted by molar-refractivity contribution is -0.164. The van der Waals surface area contributed by atoms with Crippen LogP contribution in [0.2, 0.25) is 0 Å². The van der Waals surface area contributed by atoms with E-state index in [-0.39, 0.29) is 17.9 Å². The number of rotatable bonds is 4. The second-order valence-electron chi connectivity index (χ2n) is 6.32. The number of piperazine rings is 1. The molecule has 2 rings (SSSR count). The summed E-state index contributed by atoms with van der Waals surface area (Å²) in [7, 11) is 0. The SMILES string of the molecule is CCC1(C)NC(=O)C(C)(CC)N(CC2CCCO2)C1=O. The maximum absolute atomic E-state index is 12.8. The molecule has 2 aliphatic heterocycles. The molecule has 0 spiro atoms. The lowest BCUT2D eigenvalue weighted by Gasteiger charge is -2.50. The van der Waals surface area contributed by atoms with E-state index in [1.54, 1.807) is 4.90 Å². The molecular weight excluding hydrogens is 256 g/mol. The van der Waals surface area contributed by atoms with Gasteiger partial charge in [0.1, 0.15) is 11.1 Å². The molecule has 2 heterocycles. The summed E-state index contributed by atoms with van der Waals surface area (Å²) in [6.45, 7) is 8.81. The van der Waals surface area contributed by atoms with E-state index in [0.29, 0.717) is 19.4 Å². The molecule has 2 amide bonds. The van der Waals surface area contributed by atoms with E-state index in [9.17, 15) is 9.59 Å². The van der Waals surface area contributed by atoms with Gasteiger partial charge in [0.05, 0.1) is 6.10 Å². The first-order valence-electron chi connectivity index (χ1n) is 7.63. The molecule has 0 aliphatic carbocycles. The molecule has 0 bridgehead atoms. The largest absolute Gasteiger partial charge is 0.376 e. The first kappa shape index (κ1) is 15.3. The molecule has 5 heteroatoms. The van der Waals surface area contributed by atoms with E-state index >= 15 is 0 Å². The van der Waals surface area contributed by atoms with Crippen LogP contribution in [0, 0.1) is 0 Å². The molecule has 0 aromatic carbocycles. The van der Waals surface area contributed by atoms with Crippen LogP contribution in [-0.2, 0) is 14.3 Å². The topological polar surface area (TPSA) is 58.6 Å². The van der Waals surface area contributed by atoms with Gasteiger partial charge in [0.25, 0.3) is 0 Å². The molecular formula is C15H26N2O3. The standard InChI is InChI=1S/C15H26N2O3/c1-5-14(3)13(19)17(10-11-8-7-9-20-11)15(4,6-2)12(18)16-14/h11H,5-10H2,1-4H3,(H,16,18). The van der Waals surface area contributed by atoms with E-state index in [4.69, 9.17) is 4.74 Å². The molecule has 2 aliphatic rings. The van der Waals surface area contributed by atoms with E-state index in [2.05, 4.69) is 5.32 Å². The molecule has 0 saturated carbocycles. The van der Waals surface area contributed by atoms with Crippen LogP contribution in [0.15, 0.2) is 0 Å². The highest BCUT2D eigenvalue weighted by Crippen LogP contribution is 2.31. The number of carbonyl (C=O) groups is 2. The summed E-state index contributed by atoms with van der Waals surface area (Å²) < 4.78 is 5.65. The van der Waals surface area contributed by atoms with E-state index in [0.717, 1.165) is 19.4 Å². The summed E-state index contributed by atoms with van der Waals surface area (Å²) in [5.41, 5.74) is -1.55. The molecule has 5 nitrogen and oxygen atoms in total. The van der Waals surface area contributed by atoms with Crippen molar-refractivity contribution in [3.05, 3.63) is 0 Å². The average molecular weight is 282 g/mol. The van der Waals surface area contributed by atoms with Gasteiger partial charge in [-0.3, -0.25) is 9.59 Å². The molecule has 2 saturated heterocycles. The predicted molar refractivity (Wildman–Crippen MR) is 76.2 cm³/mol. The van der Waals surface area contributed by atoms with Crippen LogP contribution < -0.4 is 5.32 Å². The first-order valence-corrected chi connectivity index (χ1v) is 7.63. The maximum Gasteiger partial charge on any atom is 0.249 e. The van der Waals surface area contributed by atoms with Crippen LogP contribution in [0.25, 0.3) is 0 Å². The van der Waals surface area contributed by atoms with Gasteiger partial charge in [0, 0.05) is 13.2 Å². The quantitative estimate of drug-likeness (QED) is 0.849. The highest BCUT2D eigenvalue weighted by atomic mass is 16.5. The van der Waals surface area contributed by atoms with Gasteiger partial charge in [0.2, 0.25) is 11.8 Å². The lowest BCUT2D eigenvalue weighted by Crippen LogP contribution is -2.74. The Bertz CT molecular complexity index is 406. The van der Waals surface area contributed by atoms with Crippen LogP contribution in [0.4, 0.5) is 0 Å². The Morgan fingerprint density at radius 1 is 1.30 bits per heavy atom. The molecule has 20 heavy (non-hydrogen) atoms. The van der Waals surface area contributed by atoms with E-state index in [1.165, 1.54) is 0 Å². The summed E-state index contributed by atoms with van der Waals surface area (Å²) >= 11 is 0. The number of hydrogen-bond donors (Lipinski definition) is 1. The second kappa shape index (κ2) is 5.35. The van der Waals surface area contributed by atoms with Crippen molar-refractivity contribution < 1.29 is 14.3 Å². The highest BCUT2D eigenvalue weighted by molar-refractivity contribution is 6.01. The van der Waals surface area contributed by atoms with Crippen molar-refractivity contribution >= 4 is 11.8 Å². The van der Waals surface area contributed by atoms with Crippen molar-refractivity contribution in [1.82, 2.24) is 10.2 Å². The van der Waals surface area contributed by atoms with Crippen molar-refractivity contribution in [2.24, 2.45) is 0 Å².